The Morgan fingerprint density at radius 1 is 1.36 bits per heavy atom. The van der Waals surface area contributed by atoms with Crippen molar-refractivity contribution in [2.45, 2.75) is 27.3 Å². The molecule has 1 aromatic heterocycles. The number of carbonyl (C=O) groups excluding carboxylic acids is 2. The molecule has 0 aliphatic carbocycles. The van der Waals surface area contributed by atoms with E-state index in [0.29, 0.717) is 31.1 Å². The third-order valence-corrected chi connectivity index (χ3v) is 5.01. The zero-order valence-electron chi connectivity index (χ0n) is 14.6. The predicted molar refractivity (Wildman–Crippen MR) is 97.2 cm³/mol. The fraction of sp³-hybridized carbons (Fsp3) is 0.389. The van der Waals surface area contributed by atoms with E-state index in [1.807, 2.05) is 39.0 Å². The number of hydrogen-bond donors (Lipinski definition) is 0. The van der Waals surface area contributed by atoms with E-state index < -0.39 is 0 Å². The normalized spacial score (nSPS) is 13.4. The number of fused-ring (bicyclic) bond motifs is 1. The molecule has 25 heavy (non-hydrogen) atoms. The third-order valence-electron chi connectivity index (χ3n) is 4.17. The highest BCUT2D eigenvalue weighted by Crippen LogP contribution is 2.34. The van der Waals surface area contributed by atoms with Gasteiger partial charge >= 0.3 is 0 Å². The fourth-order valence-corrected chi connectivity index (χ4v) is 3.53. The van der Waals surface area contributed by atoms with Crippen LogP contribution >= 0.6 is 11.3 Å². The molecule has 0 spiro atoms. The van der Waals surface area contributed by atoms with Crippen LogP contribution in [0.3, 0.4) is 0 Å². The van der Waals surface area contributed by atoms with Gasteiger partial charge in [-0.1, -0.05) is 6.07 Å². The Kier molecular flexibility index (Phi) is 5.03. The van der Waals surface area contributed by atoms with Crippen LogP contribution < -0.4 is 9.64 Å². The molecular formula is C18H21N3O3S. The average Bonchev–Trinajstić information content (AvgIpc) is 3.07. The number of carbonyl (C=O) groups is 2. The maximum Gasteiger partial charge on any atom is 0.273 e. The molecule has 1 aliphatic rings. The van der Waals surface area contributed by atoms with Gasteiger partial charge in [-0.3, -0.25) is 14.5 Å². The number of aromatic nitrogens is 1. The van der Waals surface area contributed by atoms with Gasteiger partial charge in [0.1, 0.15) is 16.5 Å². The molecule has 0 saturated heterocycles. The van der Waals surface area contributed by atoms with Gasteiger partial charge in [-0.25, -0.2) is 4.98 Å². The topological polar surface area (TPSA) is 62.7 Å². The molecule has 0 fully saturated rings. The van der Waals surface area contributed by atoms with E-state index in [0.717, 1.165) is 16.3 Å². The van der Waals surface area contributed by atoms with Crippen molar-refractivity contribution in [3.8, 4) is 5.75 Å². The highest BCUT2D eigenvalue weighted by atomic mass is 32.1. The van der Waals surface area contributed by atoms with Crippen molar-refractivity contribution in [3.63, 3.8) is 0 Å². The number of amides is 2. The number of anilines is 1. The van der Waals surface area contributed by atoms with Crippen LogP contribution in [0.25, 0.3) is 0 Å². The largest absolute Gasteiger partial charge is 0.482 e. The summed E-state index contributed by atoms with van der Waals surface area (Å²) in [6.07, 6.45) is 0. The van der Waals surface area contributed by atoms with Gasteiger partial charge in [-0.05, 0) is 38.5 Å². The lowest BCUT2D eigenvalue weighted by atomic mass is 10.1. The first-order valence-electron chi connectivity index (χ1n) is 8.31. The first-order valence-corrected chi connectivity index (χ1v) is 9.19. The van der Waals surface area contributed by atoms with Crippen molar-refractivity contribution in [2.24, 2.45) is 0 Å². The molecule has 0 N–H and O–H groups in total. The lowest BCUT2D eigenvalue weighted by Crippen LogP contribution is -2.38. The molecule has 6 nitrogen and oxygen atoms in total. The molecular weight excluding hydrogens is 338 g/mol. The van der Waals surface area contributed by atoms with Crippen LogP contribution in [0.2, 0.25) is 0 Å². The molecule has 2 heterocycles. The van der Waals surface area contributed by atoms with E-state index in [4.69, 9.17) is 4.74 Å². The van der Waals surface area contributed by atoms with Crippen molar-refractivity contribution in [1.29, 1.82) is 0 Å². The zero-order valence-corrected chi connectivity index (χ0v) is 15.4. The Balaban J connectivity index is 1.82. The van der Waals surface area contributed by atoms with Gasteiger partial charge in [0, 0.05) is 18.5 Å². The number of nitrogens with zero attached hydrogens (tertiary/aromatic N) is 3. The summed E-state index contributed by atoms with van der Waals surface area (Å²) in [7, 11) is 0. The van der Waals surface area contributed by atoms with Crippen LogP contribution in [0.5, 0.6) is 5.75 Å². The van der Waals surface area contributed by atoms with Crippen molar-refractivity contribution < 1.29 is 14.3 Å². The molecule has 2 amide bonds. The van der Waals surface area contributed by atoms with Gasteiger partial charge in [-0.15, -0.1) is 11.3 Å². The van der Waals surface area contributed by atoms with Crippen molar-refractivity contribution in [1.82, 2.24) is 9.88 Å². The number of thiazole rings is 1. The highest BCUT2D eigenvalue weighted by molar-refractivity contribution is 7.09. The number of ether oxygens (including phenoxy) is 1. The lowest BCUT2D eigenvalue weighted by molar-refractivity contribution is -0.121. The summed E-state index contributed by atoms with van der Waals surface area (Å²) in [4.78, 5) is 32.5. The van der Waals surface area contributed by atoms with Crippen LogP contribution in [-0.4, -0.2) is 41.4 Å². The first-order chi connectivity index (χ1) is 12.0. The fourth-order valence-electron chi connectivity index (χ4n) is 2.77. The quantitative estimate of drug-likeness (QED) is 0.823. The van der Waals surface area contributed by atoms with Gasteiger partial charge in [0.25, 0.3) is 11.8 Å². The third kappa shape index (κ3) is 3.51. The number of benzene rings is 1. The molecule has 0 bridgehead atoms. The molecule has 3 rings (SSSR count). The molecule has 132 valence electrons. The van der Waals surface area contributed by atoms with Gasteiger partial charge in [0.05, 0.1) is 12.2 Å². The van der Waals surface area contributed by atoms with E-state index >= 15 is 0 Å². The van der Waals surface area contributed by atoms with Crippen LogP contribution in [0, 0.1) is 6.92 Å². The van der Waals surface area contributed by atoms with Crippen molar-refractivity contribution in [2.75, 3.05) is 24.6 Å². The molecule has 0 unspecified atom stereocenters. The average molecular weight is 359 g/mol. The Bertz CT molecular complexity index is 799. The van der Waals surface area contributed by atoms with Crippen LogP contribution in [0.15, 0.2) is 23.6 Å². The number of hydrogen-bond acceptors (Lipinski definition) is 5. The summed E-state index contributed by atoms with van der Waals surface area (Å²) in [6.45, 7) is 7.53. The minimum atomic E-state index is -0.108. The second-order valence-corrected chi connectivity index (χ2v) is 6.79. The summed E-state index contributed by atoms with van der Waals surface area (Å²) in [5, 5.41) is 2.49. The minimum Gasteiger partial charge on any atom is -0.482 e. The zero-order chi connectivity index (χ0) is 18.0. The summed E-state index contributed by atoms with van der Waals surface area (Å²) in [5.41, 5.74) is 2.26. The van der Waals surface area contributed by atoms with E-state index in [1.165, 1.54) is 11.3 Å². The smallest absolute Gasteiger partial charge is 0.273 e. The summed E-state index contributed by atoms with van der Waals surface area (Å²) in [6, 6.07) is 5.76. The van der Waals surface area contributed by atoms with Crippen molar-refractivity contribution >= 4 is 28.8 Å². The summed E-state index contributed by atoms with van der Waals surface area (Å²) >= 11 is 1.40. The van der Waals surface area contributed by atoms with Gasteiger partial charge in [-0.2, -0.15) is 0 Å². The van der Waals surface area contributed by atoms with Crippen LogP contribution in [0.4, 0.5) is 5.69 Å². The molecule has 0 saturated carbocycles. The standard InChI is InChI=1S/C18H21N3O3S/c1-4-20(5-2)18(23)13-11-25-16(19-13)9-21-14-7-6-12(3)8-15(14)24-10-17(21)22/h6-8,11H,4-5,9-10H2,1-3H3. The molecule has 1 aliphatic heterocycles. The predicted octanol–water partition coefficient (Wildman–Crippen LogP) is 2.86. The summed E-state index contributed by atoms with van der Waals surface area (Å²) in [5.74, 6) is 0.524. The van der Waals surface area contributed by atoms with Crippen molar-refractivity contribution in [3.05, 3.63) is 39.8 Å². The SMILES string of the molecule is CCN(CC)C(=O)c1csc(CN2C(=O)COc3cc(C)ccc32)n1. The number of rotatable bonds is 5. The maximum atomic E-state index is 12.4. The monoisotopic (exact) mass is 359 g/mol. The van der Waals surface area contributed by atoms with E-state index in [-0.39, 0.29) is 18.4 Å². The number of aryl methyl sites for hydroxylation is 1. The minimum absolute atomic E-state index is 0.0209. The Morgan fingerprint density at radius 3 is 2.84 bits per heavy atom. The molecule has 0 atom stereocenters. The van der Waals surface area contributed by atoms with Gasteiger partial charge in [0.2, 0.25) is 0 Å². The first kappa shape index (κ1) is 17.4. The van der Waals surface area contributed by atoms with E-state index in [2.05, 4.69) is 4.98 Å². The van der Waals surface area contributed by atoms with Crippen LogP contribution in [-0.2, 0) is 11.3 Å². The van der Waals surface area contributed by atoms with Crippen LogP contribution in [0.1, 0.15) is 34.9 Å². The lowest BCUT2D eigenvalue weighted by Gasteiger charge is -2.28. The highest BCUT2D eigenvalue weighted by Gasteiger charge is 2.27. The molecule has 2 aromatic rings. The Morgan fingerprint density at radius 2 is 2.12 bits per heavy atom. The molecule has 7 heteroatoms. The second-order valence-electron chi connectivity index (χ2n) is 5.84. The Hall–Kier alpha value is -2.41. The van der Waals surface area contributed by atoms with Gasteiger partial charge < -0.3 is 9.64 Å². The van der Waals surface area contributed by atoms with E-state index in [1.54, 1.807) is 15.2 Å². The van der Waals surface area contributed by atoms with Gasteiger partial charge in [0.15, 0.2) is 6.61 Å². The second kappa shape index (κ2) is 7.23. The van der Waals surface area contributed by atoms with E-state index in [9.17, 15) is 9.59 Å². The summed E-state index contributed by atoms with van der Waals surface area (Å²) < 4.78 is 5.52. The molecule has 0 radical (unpaired) electrons. The molecule has 1 aromatic carbocycles. The maximum absolute atomic E-state index is 12.4. The Labute approximate surface area is 151 Å².